The molecule has 1 aliphatic rings. The summed E-state index contributed by atoms with van der Waals surface area (Å²) in [5.74, 6) is -0.745. The van der Waals surface area contributed by atoms with Gasteiger partial charge in [0.05, 0.1) is 0 Å². The van der Waals surface area contributed by atoms with Crippen molar-refractivity contribution in [2.75, 3.05) is 13.2 Å². The number of hydrogen-bond acceptors (Lipinski definition) is 3. The molecule has 1 aromatic carbocycles. The first-order chi connectivity index (χ1) is 10.7. The molecule has 128 valence electrons. The van der Waals surface area contributed by atoms with Crippen molar-refractivity contribution in [2.45, 2.75) is 18.5 Å². The van der Waals surface area contributed by atoms with E-state index in [9.17, 15) is 13.2 Å². The first-order valence-electron chi connectivity index (χ1n) is 6.74. The van der Waals surface area contributed by atoms with Crippen molar-refractivity contribution < 1.29 is 27.8 Å². The van der Waals surface area contributed by atoms with Crippen molar-refractivity contribution >= 4 is 17.6 Å². The average Bonchev–Trinajstić information content (AvgIpc) is 3.25. The fourth-order valence-corrected chi connectivity index (χ4v) is 2.16. The standard InChI is InChI=1S/C13H16ClNO.C2HF3O2/c1-2-5-16-13-4-3-10(14)7-12(13)11-6-9(11)8-15;3-2(4,5)1(6)7/h2-4,7,9,11H,1,5-6,8,15H2;(H,6,7)/t9-,11+;/m1./s1. The highest BCUT2D eigenvalue weighted by molar-refractivity contribution is 6.30. The molecule has 0 amide bonds. The van der Waals surface area contributed by atoms with Crippen LogP contribution in [0, 0.1) is 5.92 Å². The summed E-state index contributed by atoms with van der Waals surface area (Å²) < 4.78 is 37.4. The number of carboxylic acids is 1. The van der Waals surface area contributed by atoms with Crippen molar-refractivity contribution in [3.63, 3.8) is 0 Å². The van der Waals surface area contributed by atoms with Crippen LogP contribution in [0.4, 0.5) is 13.2 Å². The van der Waals surface area contributed by atoms with Crippen molar-refractivity contribution in [1.82, 2.24) is 0 Å². The number of benzene rings is 1. The molecule has 2 atom stereocenters. The summed E-state index contributed by atoms with van der Waals surface area (Å²) in [7, 11) is 0. The van der Waals surface area contributed by atoms with Gasteiger partial charge >= 0.3 is 12.1 Å². The second kappa shape index (κ2) is 8.21. The fourth-order valence-electron chi connectivity index (χ4n) is 1.98. The molecule has 1 saturated carbocycles. The van der Waals surface area contributed by atoms with Gasteiger partial charge in [-0.15, -0.1) is 0 Å². The molecular weight excluding hydrogens is 335 g/mol. The number of nitrogens with two attached hydrogens (primary N) is 1. The molecule has 0 aliphatic heterocycles. The number of hydrogen-bond donors (Lipinski definition) is 2. The van der Waals surface area contributed by atoms with E-state index >= 15 is 0 Å². The third kappa shape index (κ3) is 6.11. The Morgan fingerprint density at radius 3 is 2.57 bits per heavy atom. The van der Waals surface area contributed by atoms with E-state index in [2.05, 4.69) is 6.58 Å². The lowest BCUT2D eigenvalue weighted by Crippen LogP contribution is -2.21. The van der Waals surface area contributed by atoms with E-state index in [1.54, 1.807) is 6.08 Å². The van der Waals surface area contributed by atoms with Crippen molar-refractivity contribution in [3.8, 4) is 5.75 Å². The molecule has 1 fully saturated rings. The second-order valence-electron chi connectivity index (χ2n) is 4.92. The lowest BCUT2D eigenvalue weighted by atomic mass is 10.1. The Bertz CT molecular complexity index is 563. The monoisotopic (exact) mass is 351 g/mol. The lowest BCUT2D eigenvalue weighted by molar-refractivity contribution is -0.192. The molecule has 23 heavy (non-hydrogen) atoms. The van der Waals surface area contributed by atoms with Gasteiger partial charge in [-0.1, -0.05) is 24.3 Å². The molecule has 4 nitrogen and oxygen atoms in total. The van der Waals surface area contributed by atoms with Crippen molar-refractivity contribution in [3.05, 3.63) is 41.4 Å². The Kier molecular flexibility index (Phi) is 6.90. The zero-order chi connectivity index (χ0) is 17.6. The summed E-state index contributed by atoms with van der Waals surface area (Å²) >= 11 is 6.01. The van der Waals surface area contributed by atoms with Gasteiger partial charge in [-0.25, -0.2) is 4.79 Å². The zero-order valence-corrected chi connectivity index (χ0v) is 12.9. The number of aliphatic carboxylic acids is 1. The SMILES string of the molecule is C=CCOc1ccc(Cl)cc1[C@H]1C[C@@H]1CN.O=C(O)C(F)(F)F. The van der Waals surface area contributed by atoms with Crippen LogP contribution in [0.2, 0.25) is 5.02 Å². The predicted octanol–water partition coefficient (Wildman–Crippen LogP) is 3.60. The summed E-state index contributed by atoms with van der Waals surface area (Å²) in [5.41, 5.74) is 6.84. The number of alkyl halides is 3. The fraction of sp³-hybridized carbons (Fsp3) is 0.400. The largest absolute Gasteiger partial charge is 0.490 e. The van der Waals surface area contributed by atoms with Gasteiger partial charge in [-0.05, 0) is 48.6 Å². The van der Waals surface area contributed by atoms with Gasteiger partial charge in [-0.3, -0.25) is 0 Å². The van der Waals surface area contributed by atoms with E-state index in [1.807, 2.05) is 18.2 Å². The molecule has 3 N–H and O–H groups in total. The Balaban J connectivity index is 0.000000322. The molecule has 0 saturated heterocycles. The highest BCUT2D eigenvalue weighted by atomic mass is 35.5. The maximum absolute atomic E-state index is 10.6. The number of carbonyl (C=O) groups is 1. The Hall–Kier alpha value is -1.73. The van der Waals surface area contributed by atoms with Crippen LogP contribution in [-0.2, 0) is 4.79 Å². The van der Waals surface area contributed by atoms with Crippen LogP contribution in [0.3, 0.4) is 0 Å². The quantitative estimate of drug-likeness (QED) is 0.795. The molecule has 0 spiro atoms. The van der Waals surface area contributed by atoms with Gasteiger partial charge in [0.25, 0.3) is 0 Å². The van der Waals surface area contributed by atoms with E-state index in [0.29, 0.717) is 18.4 Å². The first-order valence-corrected chi connectivity index (χ1v) is 7.11. The molecule has 1 aromatic rings. The van der Waals surface area contributed by atoms with Crippen LogP contribution in [0.25, 0.3) is 0 Å². The number of carboxylic acid groups (broad SMARTS) is 1. The van der Waals surface area contributed by atoms with Crippen LogP contribution < -0.4 is 10.5 Å². The second-order valence-corrected chi connectivity index (χ2v) is 5.36. The summed E-state index contributed by atoms with van der Waals surface area (Å²) in [6, 6.07) is 5.76. The van der Waals surface area contributed by atoms with Crippen molar-refractivity contribution in [1.29, 1.82) is 0 Å². The van der Waals surface area contributed by atoms with Gasteiger partial charge in [-0.2, -0.15) is 13.2 Å². The number of ether oxygens (including phenoxy) is 1. The van der Waals surface area contributed by atoms with Gasteiger partial charge in [0.1, 0.15) is 12.4 Å². The van der Waals surface area contributed by atoms with E-state index in [0.717, 1.165) is 23.7 Å². The molecule has 0 unspecified atom stereocenters. The minimum Gasteiger partial charge on any atom is -0.489 e. The van der Waals surface area contributed by atoms with Gasteiger partial charge in [0.15, 0.2) is 0 Å². The van der Waals surface area contributed by atoms with Gasteiger partial charge < -0.3 is 15.6 Å². The maximum Gasteiger partial charge on any atom is 0.490 e. The molecule has 8 heteroatoms. The summed E-state index contributed by atoms with van der Waals surface area (Å²) in [4.78, 5) is 8.90. The van der Waals surface area contributed by atoms with E-state index in [1.165, 1.54) is 5.56 Å². The molecule has 2 rings (SSSR count). The summed E-state index contributed by atoms with van der Waals surface area (Å²) in [6.45, 7) is 4.90. The third-order valence-electron chi connectivity index (χ3n) is 3.20. The minimum atomic E-state index is -5.08. The average molecular weight is 352 g/mol. The predicted molar refractivity (Wildman–Crippen MR) is 80.7 cm³/mol. The molecule has 1 aliphatic carbocycles. The van der Waals surface area contributed by atoms with E-state index in [-0.39, 0.29) is 0 Å². The highest BCUT2D eigenvalue weighted by Crippen LogP contribution is 2.50. The third-order valence-corrected chi connectivity index (χ3v) is 3.43. The van der Waals surface area contributed by atoms with Crippen LogP contribution in [-0.4, -0.2) is 30.4 Å². The molecule has 0 heterocycles. The first kappa shape index (κ1) is 19.3. The van der Waals surface area contributed by atoms with E-state index in [4.69, 9.17) is 32.0 Å². The van der Waals surface area contributed by atoms with Crippen molar-refractivity contribution in [2.24, 2.45) is 11.7 Å². The van der Waals surface area contributed by atoms with Gasteiger partial charge in [0.2, 0.25) is 0 Å². The Morgan fingerprint density at radius 2 is 2.13 bits per heavy atom. The lowest BCUT2D eigenvalue weighted by Gasteiger charge is -2.10. The smallest absolute Gasteiger partial charge is 0.489 e. The normalized spacial score (nSPS) is 19.3. The zero-order valence-electron chi connectivity index (χ0n) is 12.1. The molecule has 0 bridgehead atoms. The summed E-state index contributed by atoms with van der Waals surface area (Å²) in [6.07, 6.45) is -2.20. The van der Waals surface area contributed by atoms with Crippen LogP contribution in [0.1, 0.15) is 17.9 Å². The molecular formula is C15H17ClF3NO3. The summed E-state index contributed by atoms with van der Waals surface area (Å²) in [5, 5.41) is 7.88. The number of halogens is 4. The molecule has 0 aromatic heterocycles. The Labute approximate surface area is 136 Å². The number of rotatable bonds is 5. The minimum absolute atomic E-state index is 0.517. The van der Waals surface area contributed by atoms with Crippen LogP contribution in [0.15, 0.2) is 30.9 Å². The van der Waals surface area contributed by atoms with Crippen LogP contribution in [0.5, 0.6) is 5.75 Å². The van der Waals surface area contributed by atoms with Crippen LogP contribution >= 0.6 is 11.6 Å². The topological polar surface area (TPSA) is 72.5 Å². The maximum atomic E-state index is 10.6. The van der Waals surface area contributed by atoms with Gasteiger partial charge in [0, 0.05) is 5.02 Å². The Morgan fingerprint density at radius 1 is 1.52 bits per heavy atom. The molecule has 0 radical (unpaired) electrons. The van der Waals surface area contributed by atoms with E-state index < -0.39 is 12.1 Å². The highest BCUT2D eigenvalue weighted by Gasteiger charge is 2.39.